The zero-order valence-corrected chi connectivity index (χ0v) is 16.5. The molecule has 0 saturated carbocycles. The van der Waals surface area contributed by atoms with E-state index in [1.54, 1.807) is 18.4 Å². The third kappa shape index (κ3) is 3.37. The van der Waals surface area contributed by atoms with E-state index in [0.29, 0.717) is 0 Å². The fourth-order valence-electron chi connectivity index (χ4n) is 3.88. The van der Waals surface area contributed by atoms with Gasteiger partial charge in [0.25, 0.3) is 5.91 Å². The zero-order valence-electron chi connectivity index (χ0n) is 15.6. The van der Waals surface area contributed by atoms with Crippen LogP contribution in [-0.4, -0.2) is 24.5 Å². The number of rotatable bonds is 4. The Morgan fingerprint density at radius 2 is 1.89 bits per heavy atom. The number of benzene rings is 2. The van der Waals surface area contributed by atoms with E-state index in [0.717, 1.165) is 41.1 Å². The maximum absolute atomic E-state index is 13.2. The van der Waals surface area contributed by atoms with Crippen molar-refractivity contribution in [2.45, 2.75) is 25.8 Å². The molecule has 1 saturated heterocycles. The zero-order chi connectivity index (χ0) is 18.8. The maximum atomic E-state index is 13.2. The van der Waals surface area contributed by atoms with Gasteiger partial charge in [0, 0.05) is 6.54 Å². The first-order valence-electron chi connectivity index (χ1n) is 9.27. The topological polar surface area (TPSA) is 29.5 Å². The summed E-state index contributed by atoms with van der Waals surface area (Å²) in [6.07, 6.45) is 2.04. The molecule has 0 bridgehead atoms. The maximum Gasteiger partial charge on any atom is 0.264 e. The average Bonchev–Trinajstić information content (AvgIpc) is 3.36. The quantitative estimate of drug-likeness (QED) is 0.583. The highest BCUT2D eigenvalue weighted by atomic mass is 32.1. The Balaban J connectivity index is 1.70. The highest BCUT2D eigenvalue weighted by molar-refractivity contribution is 7.12. The predicted octanol–water partition coefficient (Wildman–Crippen LogP) is 5.71. The van der Waals surface area contributed by atoms with Crippen molar-refractivity contribution >= 4 is 17.2 Å². The Labute approximate surface area is 164 Å². The van der Waals surface area contributed by atoms with Gasteiger partial charge in [-0.05, 0) is 65.6 Å². The van der Waals surface area contributed by atoms with E-state index in [-0.39, 0.29) is 11.9 Å². The number of hydrogen-bond acceptors (Lipinski definition) is 3. The first kappa shape index (κ1) is 17.8. The molecule has 0 aliphatic carbocycles. The number of hydrogen-bond donors (Lipinski definition) is 0. The monoisotopic (exact) mass is 377 g/mol. The lowest BCUT2D eigenvalue weighted by atomic mass is 9.93. The Kier molecular flexibility index (Phi) is 4.99. The predicted molar refractivity (Wildman–Crippen MR) is 110 cm³/mol. The van der Waals surface area contributed by atoms with E-state index in [4.69, 9.17) is 4.74 Å². The summed E-state index contributed by atoms with van der Waals surface area (Å²) in [6.45, 7) is 2.83. The molecule has 2 aromatic carbocycles. The van der Waals surface area contributed by atoms with Crippen LogP contribution in [0.3, 0.4) is 0 Å². The molecule has 27 heavy (non-hydrogen) atoms. The van der Waals surface area contributed by atoms with Gasteiger partial charge in [0.1, 0.15) is 5.75 Å². The number of methoxy groups -OCH3 is 1. The summed E-state index contributed by atoms with van der Waals surface area (Å²) < 4.78 is 5.28. The lowest BCUT2D eigenvalue weighted by Crippen LogP contribution is -2.30. The fourth-order valence-corrected chi connectivity index (χ4v) is 4.76. The molecule has 2 heterocycles. The Hall–Kier alpha value is -2.59. The number of aryl methyl sites for hydroxylation is 1. The van der Waals surface area contributed by atoms with Crippen LogP contribution in [-0.2, 0) is 0 Å². The summed E-state index contributed by atoms with van der Waals surface area (Å²) in [6, 6.07) is 18.7. The van der Waals surface area contributed by atoms with E-state index in [1.165, 1.54) is 11.1 Å². The van der Waals surface area contributed by atoms with Gasteiger partial charge in [-0.2, -0.15) is 0 Å². The van der Waals surface area contributed by atoms with Gasteiger partial charge in [0.15, 0.2) is 0 Å². The summed E-state index contributed by atoms with van der Waals surface area (Å²) in [4.78, 5) is 16.1. The van der Waals surface area contributed by atoms with Crippen LogP contribution in [0, 0.1) is 6.92 Å². The van der Waals surface area contributed by atoms with Crippen molar-refractivity contribution in [2.75, 3.05) is 13.7 Å². The molecule has 0 N–H and O–H groups in total. The number of carbonyl (C=O) groups is 1. The molecule has 0 unspecified atom stereocenters. The van der Waals surface area contributed by atoms with Crippen LogP contribution >= 0.6 is 11.3 Å². The molecule has 1 amide bonds. The fraction of sp³-hybridized carbons (Fsp3) is 0.261. The third-order valence-corrected chi connectivity index (χ3v) is 6.30. The van der Waals surface area contributed by atoms with Gasteiger partial charge in [-0.1, -0.05) is 36.4 Å². The number of ether oxygens (including phenoxy) is 1. The van der Waals surface area contributed by atoms with Crippen molar-refractivity contribution in [2.24, 2.45) is 0 Å². The minimum Gasteiger partial charge on any atom is -0.497 e. The summed E-state index contributed by atoms with van der Waals surface area (Å²) in [5.41, 5.74) is 4.63. The number of thiophene rings is 1. The normalized spacial score (nSPS) is 16.5. The van der Waals surface area contributed by atoms with E-state index < -0.39 is 0 Å². The lowest BCUT2D eigenvalue weighted by Gasteiger charge is -2.27. The van der Waals surface area contributed by atoms with E-state index in [1.807, 2.05) is 30.5 Å². The molecule has 3 nitrogen and oxygen atoms in total. The van der Waals surface area contributed by atoms with Crippen molar-refractivity contribution in [3.63, 3.8) is 0 Å². The molecule has 1 fully saturated rings. The molecule has 138 valence electrons. The molecular weight excluding hydrogens is 354 g/mol. The van der Waals surface area contributed by atoms with Gasteiger partial charge in [-0.25, -0.2) is 0 Å². The number of nitrogens with zero attached hydrogens (tertiary/aromatic N) is 1. The molecule has 4 heteroatoms. The molecule has 0 radical (unpaired) electrons. The van der Waals surface area contributed by atoms with Gasteiger partial charge in [0.2, 0.25) is 0 Å². The highest BCUT2D eigenvalue weighted by Gasteiger charge is 2.33. The van der Waals surface area contributed by atoms with Crippen molar-refractivity contribution < 1.29 is 9.53 Å². The van der Waals surface area contributed by atoms with Crippen molar-refractivity contribution in [1.29, 1.82) is 0 Å². The first-order valence-corrected chi connectivity index (χ1v) is 10.2. The smallest absolute Gasteiger partial charge is 0.264 e. The molecule has 4 rings (SSSR count). The molecule has 1 aromatic heterocycles. The van der Waals surface area contributed by atoms with Gasteiger partial charge >= 0.3 is 0 Å². The molecule has 1 aliphatic rings. The molecule has 3 aromatic rings. The second-order valence-corrected chi connectivity index (χ2v) is 7.82. The first-order chi connectivity index (χ1) is 13.2. The number of amides is 1. The summed E-state index contributed by atoms with van der Waals surface area (Å²) in [5.74, 6) is 1.01. The standard InChI is InChI=1S/C23H23NO2S/c1-16-13-15-27-22(16)23(25)24-14-5-8-21(24)20-7-4-3-6-19(20)17-9-11-18(26-2)12-10-17/h3-4,6-7,9-13,15,21H,5,8,14H2,1-2H3/t21-/m1/s1. The minimum absolute atomic E-state index is 0.123. The van der Waals surface area contributed by atoms with E-state index in [2.05, 4.69) is 41.3 Å². The van der Waals surface area contributed by atoms with Gasteiger partial charge in [-0.15, -0.1) is 11.3 Å². The SMILES string of the molecule is COc1ccc(-c2ccccc2[C@H]2CCCN2C(=O)c2sccc2C)cc1. The molecule has 0 spiro atoms. The summed E-state index contributed by atoms with van der Waals surface area (Å²) in [7, 11) is 1.68. The third-order valence-electron chi connectivity index (χ3n) is 5.29. The van der Waals surface area contributed by atoms with Gasteiger partial charge in [0.05, 0.1) is 18.0 Å². The molecular formula is C23H23NO2S. The van der Waals surface area contributed by atoms with Crippen LogP contribution in [0.15, 0.2) is 60.0 Å². The summed E-state index contributed by atoms with van der Waals surface area (Å²) in [5, 5.41) is 2.00. The Morgan fingerprint density at radius 3 is 2.59 bits per heavy atom. The van der Waals surface area contributed by atoms with Crippen molar-refractivity contribution in [1.82, 2.24) is 4.90 Å². The van der Waals surface area contributed by atoms with Crippen LogP contribution in [0.5, 0.6) is 5.75 Å². The summed E-state index contributed by atoms with van der Waals surface area (Å²) >= 11 is 1.54. The second-order valence-electron chi connectivity index (χ2n) is 6.91. The average molecular weight is 378 g/mol. The second kappa shape index (κ2) is 7.57. The number of likely N-dealkylation sites (tertiary alicyclic amines) is 1. The van der Waals surface area contributed by atoms with Crippen LogP contribution in [0.4, 0.5) is 0 Å². The van der Waals surface area contributed by atoms with E-state index >= 15 is 0 Å². The van der Waals surface area contributed by atoms with Crippen molar-refractivity contribution in [3.8, 4) is 16.9 Å². The van der Waals surface area contributed by atoms with Gasteiger partial charge in [-0.3, -0.25) is 4.79 Å². The lowest BCUT2D eigenvalue weighted by molar-refractivity contribution is 0.0740. The molecule has 1 aliphatic heterocycles. The number of carbonyl (C=O) groups excluding carboxylic acids is 1. The largest absolute Gasteiger partial charge is 0.497 e. The van der Waals surface area contributed by atoms with Crippen LogP contribution in [0.25, 0.3) is 11.1 Å². The van der Waals surface area contributed by atoms with Crippen LogP contribution < -0.4 is 4.74 Å². The Morgan fingerprint density at radius 1 is 1.11 bits per heavy atom. The Bertz CT molecular complexity index is 945. The van der Waals surface area contributed by atoms with Crippen molar-refractivity contribution in [3.05, 3.63) is 76.0 Å². The van der Waals surface area contributed by atoms with Crippen LogP contribution in [0.2, 0.25) is 0 Å². The minimum atomic E-state index is 0.123. The van der Waals surface area contributed by atoms with Gasteiger partial charge < -0.3 is 9.64 Å². The van der Waals surface area contributed by atoms with E-state index in [9.17, 15) is 4.79 Å². The highest BCUT2D eigenvalue weighted by Crippen LogP contribution is 2.39. The molecule has 1 atom stereocenters. The van der Waals surface area contributed by atoms with Crippen LogP contribution in [0.1, 0.15) is 39.7 Å².